The van der Waals surface area contributed by atoms with Gasteiger partial charge in [0.05, 0.1) is 5.57 Å². The van der Waals surface area contributed by atoms with Crippen LogP contribution in [0.5, 0.6) is 0 Å². The van der Waals surface area contributed by atoms with Crippen molar-refractivity contribution in [1.82, 2.24) is 15.0 Å². The molecule has 0 unspecified atom stereocenters. The Morgan fingerprint density at radius 3 is 3.06 bits per heavy atom. The molecule has 8 heteroatoms. The largest absolute Gasteiger partial charge is 0.477 e. The van der Waals surface area contributed by atoms with Gasteiger partial charge in [0.15, 0.2) is 5.82 Å². The number of carbonyl (C=O) groups excluding carboxylic acids is 1. The van der Waals surface area contributed by atoms with E-state index in [1.807, 2.05) is 0 Å². The fourth-order valence-corrected chi connectivity index (χ4v) is 2.90. The maximum absolute atomic E-state index is 11.8. The lowest BCUT2D eigenvalue weighted by molar-refractivity contribution is -0.141. The van der Waals surface area contributed by atoms with Crippen molar-refractivity contribution in [2.45, 2.75) is 12.3 Å². The minimum absolute atomic E-state index is 0.0106. The molecule has 7 nitrogen and oxygen atoms in total. The molecule has 1 fully saturated rings. The van der Waals surface area contributed by atoms with Gasteiger partial charge in [-0.1, -0.05) is 5.16 Å². The fraction of sp³-hybridized carbons (Fsp3) is 0.200. The zero-order valence-electron chi connectivity index (χ0n) is 9.15. The van der Waals surface area contributed by atoms with Gasteiger partial charge in [-0.2, -0.15) is 4.98 Å². The van der Waals surface area contributed by atoms with Crippen molar-refractivity contribution < 1.29 is 19.2 Å². The molecule has 3 heterocycles. The molecule has 0 spiro atoms. The van der Waals surface area contributed by atoms with Crippen molar-refractivity contribution in [2.75, 3.05) is 0 Å². The summed E-state index contributed by atoms with van der Waals surface area (Å²) in [5.41, 5.74) is 0.491. The van der Waals surface area contributed by atoms with Gasteiger partial charge in [0, 0.05) is 12.3 Å². The number of amides is 1. The molecule has 0 radical (unpaired) electrons. The number of hydrogen-bond donors (Lipinski definition) is 1. The van der Waals surface area contributed by atoms with Gasteiger partial charge in [0.1, 0.15) is 11.1 Å². The summed E-state index contributed by atoms with van der Waals surface area (Å²) in [6, 6.07) is 0. The molecule has 3 rings (SSSR count). The molecule has 1 aromatic heterocycles. The van der Waals surface area contributed by atoms with Crippen molar-refractivity contribution in [2.24, 2.45) is 0 Å². The van der Waals surface area contributed by atoms with E-state index in [1.54, 1.807) is 6.92 Å². The molecular formula is C10H7N3O4S. The first kappa shape index (κ1) is 11.0. The van der Waals surface area contributed by atoms with E-state index >= 15 is 0 Å². The number of carboxylic acids is 1. The van der Waals surface area contributed by atoms with Crippen LogP contribution >= 0.6 is 11.8 Å². The van der Waals surface area contributed by atoms with Crippen LogP contribution in [0.25, 0.3) is 6.08 Å². The molecular weight excluding hydrogens is 258 g/mol. The van der Waals surface area contributed by atoms with Crippen LogP contribution in [0, 0.1) is 6.92 Å². The van der Waals surface area contributed by atoms with E-state index < -0.39 is 5.97 Å². The summed E-state index contributed by atoms with van der Waals surface area (Å²) in [5.74, 6) is -0.706. The number of carboxylic acid groups (broad SMARTS) is 1. The van der Waals surface area contributed by atoms with E-state index in [9.17, 15) is 9.59 Å². The van der Waals surface area contributed by atoms with Gasteiger partial charge in [-0.15, -0.1) is 11.8 Å². The highest BCUT2D eigenvalue weighted by molar-refractivity contribution is 8.03. The molecule has 2 aliphatic rings. The average Bonchev–Trinajstić information content (AvgIpc) is 2.89. The number of thioether (sulfide) groups is 1. The Kier molecular flexibility index (Phi) is 2.27. The highest BCUT2D eigenvalue weighted by Gasteiger charge is 2.49. The van der Waals surface area contributed by atoms with Crippen molar-refractivity contribution in [1.29, 1.82) is 0 Å². The summed E-state index contributed by atoms with van der Waals surface area (Å²) >= 11 is 1.27. The average molecular weight is 265 g/mol. The molecule has 0 aliphatic carbocycles. The highest BCUT2D eigenvalue weighted by atomic mass is 32.2. The summed E-state index contributed by atoms with van der Waals surface area (Å²) in [6.45, 7) is 1.65. The monoisotopic (exact) mass is 265 g/mol. The number of aliphatic carboxylic acids is 1. The predicted molar refractivity (Wildman–Crippen MR) is 61.0 cm³/mol. The Hall–Kier alpha value is -2.09. The van der Waals surface area contributed by atoms with Crippen LogP contribution in [-0.4, -0.2) is 37.4 Å². The maximum atomic E-state index is 11.8. The molecule has 1 N–H and O–H groups in total. The topological polar surface area (TPSA) is 96.5 Å². The van der Waals surface area contributed by atoms with Crippen LogP contribution in [0.3, 0.4) is 0 Å². The van der Waals surface area contributed by atoms with Crippen LogP contribution in [0.2, 0.25) is 0 Å². The fourth-order valence-electron chi connectivity index (χ4n) is 1.78. The van der Waals surface area contributed by atoms with Gasteiger partial charge in [-0.05, 0) is 6.08 Å². The number of hydrogen-bond acceptors (Lipinski definition) is 6. The molecule has 18 heavy (non-hydrogen) atoms. The Morgan fingerprint density at radius 1 is 1.67 bits per heavy atom. The van der Waals surface area contributed by atoms with E-state index in [2.05, 4.69) is 10.1 Å². The Balaban J connectivity index is 1.86. The number of β-lactam (4-membered cyclic amide) rings is 1. The Labute approximate surface area is 105 Å². The first-order chi connectivity index (χ1) is 8.58. The molecule has 0 bridgehead atoms. The molecule has 1 amide bonds. The number of nitrogens with zero attached hydrogens (tertiary/aromatic N) is 3. The van der Waals surface area contributed by atoms with Crippen molar-refractivity contribution >= 4 is 29.7 Å². The van der Waals surface area contributed by atoms with Gasteiger partial charge in [-0.25, -0.2) is 4.79 Å². The minimum atomic E-state index is -1.10. The second-order valence-electron chi connectivity index (χ2n) is 3.74. The first-order valence-corrected chi connectivity index (χ1v) is 5.96. The predicted octanol–water partition coefficient (Wildman–Crippen LogP) is 0.603. The lowest BCUT2D eigenvalue weighted by Gasteiger charge is -2.36. The molecule has 0 saturated carbocycles. The van der Waals surface area contributed by atoms with Gasteiger partial charge in [0.25, 0.3) is 5.91 Å². The molecule has 2 aliphatic heterocycles. The van der Waals surface area contributed by atoms with Crippen molar-refractivity contribution in [3.8, 4) is 0 Å². The number of aromatic nitrogens is 2. The zero-order valence-corrected chi connectivity index (χ0v) is 9.97. The van der Waals surface area contributed by atoms with E-state index in [-0.39, 0.29) is 17.0 Å². The van der Waals surface area contributed by atoms with Crippen LogP contribution in [0.1, 0.15) is 11.7 Å². The van der Waals surface area contributed by atoms with Crippen LogP contribution in [-0.2, 0) is 9.59 Å². The van der Waals surface area contributed by atoms with E-state index in [1.165, 1.54) is 28.1 Å². The van der Waals surface area contributed by atoms with Gasteiger partial charge in [0.2, 0.25) is 5.89 Å². The van der Waals surface area contributed by atoms with Gasteiger partial charge < -0.3 is 9.63 Å². The maximum Gasteiger partial charge on any atom is 0.353 e. The zero-order chi connectivity index (χ0) is 12.9. The third kappa shape index (κ3) is 1.46. The summed E-state index contributed by atoms with van der Waals surface area (Å²) in [7, 11) is 0. The van der Waals surface area contributed by atoms with E-state index in [0.717, 1.165) is 0 Å². The lowest BCUT2D eigenvalue weighted by atomic mass is 10.0. The van der Waals surface area contributed by atoms with Gasteiger partial charge in [-0.3, -0.25) is 9.69 Å². The number of rotatable bonds is 2. The second-order valence-corrected chi connectivity index (χ2v) is 4.70. The number of carbonyl (C=O) groups is 2. The van der Waals surface area contributed by atoms with E-state index in [0.29, 0.717) is 17.3 Å². The quantitative estimate of drug-likeness (QED) is 0.617. The number of fused-ring (bicyclic) bond motifs is 1. The smallest absolute Gasteiger partial charge is 0.353 e. The number of aryl methyl sites for hydroxylation is 1. The third-order valence-corrected chi connectivity index (χ3v) is 3.66. The van der Waals surface area contributed by atoms with E-state index in [4.69, 9.17) is 9.63 Å². The molecule has 1 aromatic rings. The third-order valence-electron chi connectivity index (χ3n) is 2.58. The lowest BCUT2D eigenvalue weighted by Crippen LogP contribution is -2.51. The minimum Gasteiger partial charge on any atom is -0.477 e. The summed E-state index contributed by atoms with van der Waals surface area (Å²) < 4.78 is 4.80. The van der Waals surface area contributed by atoms with Crippen LogP contribution < -0.4 is 0 Å². The Morgan fingerprint density at radius 2 is 2.44 bits per heavy atom. The molecule has 1 atom stereocenters. The highest BCUT2D eigenvalue weighted by Crippen LogP contribution is 2.44. The standard InChI is InChI=1S/C10H7N3O4S/c1-4-11-7(12-17-4)2-5-8(14)13-6(10(15)16)3-18-9(5)13/h2-3,9H,1H3,(H,15,16)/t9-/m1/s1. The summed E-state index contributed by atoms with van der Waals surface area (Å²) in [5, 5.41) is 13.7. The normalized spacial score (nSPS) is 23.9. The second kappa shape index (κ2) is 3.70. The van der Waals surface area contributed by atoms with Crippen LogP contribution in [0.15, 0.2) is 21.2 Å². The molecule has 0 aromatic carbocycles. The van der Waals surface area contributed by atoms with Gasteiger partial charge >= 0.3 is 5.97 Å². The Bertz CT molecular complexity index is 618. The van der Waals surface area contributed by atoms with Crippen molar-refractivity contribution in [3.05, 3.63) is 28.4 Å². The summed E-state index contributed by atoms with van der Waals surface area (Å²) in [6.07, 6.45) is 1.52. The molecule has 92 valence electrons. The molecule has 1 saturated heterocycles. The van der Waals surface area contributed by atoms with Crippen molar-refractivity contribution in [3.63, 3.8) is 0 Å². The summed E-state index contributed by atoms with van der Waals surface area (Å²) in [4.78, 5) is 27.9. The first-order valence-electron chi connectivity index (χ1n) is 5.02. The van der Waals surface area contributed by atoms with Crippen LogP contribution in [0.4, 0.5) is 0 Å². The SMILES string of the molecule is Cc1nc(C=C2C(=O)N3C(C(=O)O)=CS[C@H]23)no1.